The van der Waals surface area contributed by atoms with E-state index in [0.29, 0.717) is 6.61 Å². The number of nitrogens with one attached hydrogen (secondary N) is 1. The van der Waals surface area contributed by atoms with Crippen molar-refractivity contribution in [3.05, 3.63) is 51.7 Å². The van der Waals surface area contributed by atoms with E-state index in [1.54, 1.807) is 0 Å². The van der Waals surface area contributed by atoms with Crippen molar-refractivity contribution in [2.75, 3.05) is 6.54 Å². The van der Waals surface area contributed by atoms with Gasteiger partial charge in [0.25, 0.3) is 0 Å². The minimum atomic E-state index is 0.653. The van der Waals surface area contributed by atoms with Crippen LogP contribution in [0.3, 0.4) is 0 Å². The molecule has 0 aliphatic rings. The van der Waals surface area contributed by atoms with Crippen molar-refractivity contribution < 1.29 is 4.74 Å². The molecule has 2 aromatic rings. The summed E-state index contributed by atoms with van der Waals surface area (Å²) >= 11 is 1.81. The molecule has 0 radical (unpaired) electrons. The summed E-state index contributed by atoms with van der Waals surface area (Å²) in [7, 11) is 0. The zero-order valence-corrected chi connectivity index (χ0v) is 11.7. The smallest absolute Gasteiger partial charge is 0.122 e. The molecule has 2 rings (SSSR count). The van der Waals surface area contributed by atoms with E-state index in [9.17, 15) is 0 Å². The zero-order valence-electron chi connectivity index (χ0n) is 10.9. The van der Waals surface area contributed by atoms with E-state index < -0.39 is 0 Å². The van der Waals surface area contributed by atoms with Gasteiger partial charge in [0.15, 0.2) is 0 Å². The molecule has 0 bridgehead atoms. The van der Waals surface area contributed by atoms with Crippen LogP contribution in [0.4, 0.5) is 0 Å². The van der Waals surface area contributed by atoms with Crippen molar-refractivity contribution >= 4 is 11.3 Å². The summed E-state index contributed by atoms with van der Waals surface area (Å²) in [5, 5.41) is 3.33. The quantitative estimate of drug-likeness (QED) is 0.855. The highest BCUT2D eigenvalue weighted by molar-refractivity contribution is 7.11. The molecule has 96 valence electrons. The average molecular weight is 261 g/mol. The van der Waals surface area contributed by atoms with Gasteiger partial charge in [-0.1, -0.05) is 24.6 Å². The highest BCUT2D eigenvalue weighted by atomic mass is 32.1. The standard InChI is InChI=1S/C15H19NOS/c1-3-16-10-14-8-9-15(18-14)11-17-13-6-4-12(2)5-7-13/h4-9,16H,3,10-11H2,1-2H3. The van der Waals surface area contributed by atoms with E-state index >= 15 is 0 Å². The summed E-state index contributed by atoms with van der Waals surface area (Å²) in [6.45, 7) is 6.81. The number of rotatable bonds is 6. The van der Waals surface area contributed by atoms with E-state index in [4.69, 9.17) is 4.74 Å². The maximum atomic E-state index is 5.75. The van der Waals surface area contributed by atoms with Gasteiger partial charge < -0.3 is 10.1 Å². The predicted octanol–water partition coefficient (Wildman–Crippen LogP) is 3.75. The first-order chi connectivity index (χ1) is 8.78. The molecular formula is C15H19NOS. The van der Waals surface area contributed by atoms with Crippen LogP contribution in [-0.2, 0) is 13.2 Å². The van der Waals surface area contributed by atoms with Crippen LogP contribution in [0.5, 0.6) is 5.75 Å². The third-order valence-electron chi connectivity index (χ3n) is 2.67. The van der Waals surface area contributed by atoms with Crippen LogP contribution in [0, 0.1) is 6.92 Å². The lowest BCUT2D eigenvalue weighted by atomic mass is 10.2. The second-order valence-electron chi connectivity index (χ2n) is 4.25. The molecular weight excluding hydrogens is 242 g/mol. The van der Waals surface area contributed by atoms with Crippen LogP contribution in [0.2, 0.25) is 0 Å². The Bertz CT molecular complexity index is 475. The van der Waals surface area contributed by atoms with Gasteiger partial charge in [0.1, 0.15) is 12.4 Å². The van der Waals surface area contributed by atoms with Crippen LogP contribution >= 0.6 is 11.3 Å². The summed E-state index contributed by atoms with van der Waals surface area (Å²) in [5.74, 6) is 0.933. The summed E-state index contributed by atoms with van der Waals surface area (Å²) in [4.78, 5) is 2.63. The molecule has 0 saturated carbocycles. The second-order valence-corrected chi connectivity index (χ2v) is 5.50. The molecule has 1 N–H and O–H groups in total. The first-order valence-electron chi connectivity index (χ1n) is 6.25. The minimum absolute atomic E-state index is 0.653. The van der Waals surface area contributed by atoms with Crippen molar-refractivity contribution in [3.8, 4) is 5.75 Å². The fraction of sp³-hybridized carbons (Fsp3) is 0.333. The Kier molecular flexibility index (Phi) is 4.79. The largest absolute Gasteiger partial charge is 0.488 e. The normalized spacial score (nSPS) is 10.6. The second kappa shape index (κ2) is 6.57. The monoisotopic (exact) mass is 261 g/mol. The van der Waals surface area contributed by atoms with Gasteiger partial charge >= 0.3 is 0 Å². The molecule has 1 heterocycles. The fourth-order valence-corrected chi connectivity index (χ4v) is 2.53. The number of ether oxygens (including phenoxy) is 1. The Labute approximate surface area is 113 Å². The average Bonchev–Trinajstić information content (AvgIpc) is 2.84. The van der Waals surface area contributed by atoms with Gasteiger partial charge in [0.2, 0.25) is 0 Å². The molecule has 0 unspecified atom stereocenters. The molecule has 0 amide bonds. The number of hydrogen-bond donors (Lipinski definition) is 1. The van der Waals surface area contributed by atoms with E-state index in [0.717, 1.165) is 18.8 Å². The number of hydrogen-bond acceptors (Lipinski definition) is 3. The first kappa shape index (κ1) is 13.1. The maximum absolute atomic E-state index is 5.75. The Hall–Kier alpha value is -1.32. The molecule has 2 nitrogen and oxygen atoms in total. The Balaban J connectivity index is 1.86. The molecule has 18 heavy (non-hydrogen) atoms. The predicted molar refractivity (Wildman–Crippen MR) is 77.2 cm³/mol. The summed E-state index contributed by atoms with van der Waals surface area (Å²) in [6.07, 6.45) is 0. The maximum Gasteiger partial charge on any atom is 0.122 e. The molecule has 0 aliphatic carbocycles. The van der Waals surface area contributed by atoms with Crippen LogP contribution in [-0.4, -0.2) is 6.54 Å². The van der Waals surface area contributed by atoms with Crippen LogP contribution in [0.15, 0.2) is 36.4 Å². The van der Waals surface area contributed by atoms with Gasteiger partial charge in [-0.25, -0.2) is 0 Å². The van der Waals surface area contributed by atoms with Gasteiger partial charge in [0, 0.05) is 16.3 Å². The topological polar surface area (TPSA) is 21.3 Å². The van der Waals surface area contributed by atoms with E-state index in [-0.39, 0.29) is 0 Å². The summed E-state index contributed by atoms with van der Waals surface area (Å²) in [5.41, 5.74) is 1.26. The van der Waals surface area contributed by atoms with E-state index in [2.05, 4.69) is 43.4 Å². The van der Waals surface area contributed by atoms with Crippen LogP contribution in [0.25, 0.3) is 0 Å². The Morgan fingerprint density at radius 2 is 1.78 bits per heavy atom. The summed E-state index contributed by atoms with van der Waals surface area (Å²) in [6, 6.07) is 12.5. The van der Waals surface area contributed by atoms with Crippen molar-refractivity contribution in [3.63, 3.8) is 0 Å². The van der Waals surface area contributed by atoms with Gasteiger partial charge in [-0.3, -0.25) is 0 Å². The van der Waals surface area contributed by atoms with Crippen LogP contribution in [0.1, 0.15) is 22.2 Å². The van der Waals surface area contributed by atoms with Crippen molar-refractivity contribution in [1.29, 1.82) is 0 Å². The van der Waals surface area contributed by atoms with Crippen molar-refractivity contribution in [2.24, 2.45) is 0 Å². The number of benzene rings is 1. The molecule has 0 fully saturated rings. The van der Waals surface area contributed by atoms with Gasteiger partial charge in [-0.15, -0.1) is 11.3 Å². The Morgan fingerprint density at radius 1 is 1.06 bits per heavy atom. The molecule has 1 aromatic carbocycles. The Morgan fingerprint density at radius 3 is 2.50 bits per heavy atom. The SMILES string of the molecule is CCNCc1ccc(COc2ccc(C)cc2)s1. The third kappa shape index (κ3) is 3.86. The van der Waals surface area contributed by atoms with E-state index in [1.165, 1.54) is 15.3 Å². The summed E-state index contributed by atoms with van der Waals surface area (Å²) < 4.78 is 5.75. The van der Waals surface area contributed by atoms with E-state index in [1.807, 2.05) is 23.5 Å². The highest BCUT2D eigenvalue weighted by Gasteiger charge is 2.01. The zero-order chi connectivity index (χ0) is 12.8. The van der Waals surface area contributed by atoms with Gasteiger partial charge in [-0.2, -0.15) is 0 Å². The highest BCUT2D eigenvalue weighted by Crippen LogP contribution is 2.19. The third-order valence-corrected chi connectivity index (χ3v) is 3.73. The first-order valence-corrected chi connectivity index (χ1v) is 7.07. The molecule has 3 heteroatoms. The lowest BCUT2D eigenvalue weighted by molar-refractivity contribution is 0.310. The molecule has 0 saturated heterocycles. The number of aryl methyl sites for hydroxylation is 1. The fourth-order valence-electron chi connectivity index (χ4n) is 1.63. The van der Waals surface area contributed by atoms with Crippen molar-refractivity contribution in [1.82, 2.24) is 5.32 Å². The molecule has 0 aliphatic heterocycles. The van der Waals surface area contributed by atoms with Crippen LogP contribution < -0.4 is 10.1 Å². The van der Waals surface area contributed by atoms with Gasteiger partial charge in [-0.05, 0) is 37.7 Å². The van der Waals surface area contributed by atoms with Crippen molar-refractivity contribution in [2.45, 2.75) is 27.0 Å². The molecule has 0 spiro atoms. The number of thiophene rings is 1. The molecule has 1 aromatic heterocycles. The minimum Gasteiger partial charge on any atom is -0.488 e. The lowest BCUT2D eigenvalue weighted by Crippen LogP contribution is -2.10. The van der Waals surface area contributed by atoms with Gasteiger partial charge in [0.05, 0.1) is 0 Å². The lowest BCUT2D eigenvalue weighted by Gasteiger charge is -2.04. The molecule has 0 atom stereocenters.